The lowest BCUT2D eigenvalue weighted by atomic mass is 9.92. The fourth-order valence-electron chi connectivity index (χ4n) is 3.31. The van der Waals surface area contributed by atoms with Crippen LogP contribution in [0.3, 0.4) is 0 Å². The van der Waals surface area contributed by atoms with Crippen molar-refractivity contribution in [3.8, 4) is 11.5 Å². The SMILES string of the molecule is COc1cc2c(cc1OC)[C@H](C)N(C(=O)c1ccc([N+](=O)[O-])cc1)CC2. The maximum absolute atomic E-state index is 12.9. The standard InChI is InChI=1S/C19H20N2O5/c1-12-16-11-18(26-3)17(25-2)10-14(16)8-9-20(12)19(22)13-4-6-15(7-5-13)21(23)24/h4-7,10-12H,8-9H2,1-3H3/t12-/m0/s1. The smallest absolute Gasteiger partial charge is 0.269 e. The highest BCUT2D eigenvalue weighted by Gasteiger charge is 2.30. The zero-order chi connectivity index (χ0) is 18.8. The van der Waals surface area contributed by atoms with E-state index in [0.717, 1.165) is 11.1 Å². The van der Waals surface area contributed by atoms with E-state index in [1.54, 1.807) is 19.1 Å². The van der Waals surface area contributed by atoms with Crippen molar-refractivity contribution >= 4 is 11.6 Å². The Morgan fingerprint density at radius 2 is 1.77 bits per heavy atom. The monoisotopic (exact) mass is 356 g/mol. The molecule has 0 radical (unpaired) electrons. The van der Waals surface area contributed by atoms with Crippen molar-refractivity contribution in [2.45, 2.75) is 19.4 Å². The Kier molecular flexibility index (Phi) is 4.79. The molecule has 1 aliphatic rings. The molecule has 26 heavy (non-hydrogen) atoms. The Morgan fingerprint density at radius 3 is 2.35 bits per heavy atom. The Hall–Kier alpha value is -3.09. The van der Waals surface area contributed by atoms with Gasteiger partial charge in [0.05, 0.1) is 25.2 Å². The minimum Gasteiger partial charge on any atom is -0.493 e. The molecule has 0 aliphatic carbocycles. The normalized spacial score (nSPS) is 16.0. The lowest BCUT2D eigenvalue weighted by molar-refractivity contribution is -0.384. The zero-order valence-corrected chi connectivity index (χ0v) is 14.9. The number of methoxy groups -OCH3 is 2. The molecule has 7 heteroatoms. The number of benzene rings is 2. The van der Waals surface area contributed by atoms with Gasteiger partial charge in [-0.3, -0.25) is 14.9 Å². The molecule has 2 aromatic carbocycles. The number of non-ortho nitro benzene ring substituents is 1. The van der Waals surface area contributed by atoms with E-state index in [2.05, 4.69) is 0 Å². The predicted molar refractivity (Wildman–Crippen MR) is 95.8 cm³/mol. The summed E-state index contributed by atoms with van der Waals surface area (Å²) >= 11 is 0. The third-order valence-electron chi connectivity index (χ3n) is 4.77. The Balaban J connectivity index is 1.89. The predicted octanol–water partition coefficient (Wildman–Crippen LogP) is 3.37. The van der Waals surface area contributed by atoms with Crippen LogP contribution >= 0.6 is 0 Å². The second kappa shape index (κ2) is 7.03. The van der Waals surface area contributed by atoms with E-state index in [-0.39, 0.29) is 17.6 Å². The van der Waals surface area contributed by atoms with Crippen LogP contribution in [0.25, 0.3) is 0 Å². The first kappa shape index (κ1) is 17.7. The molecule has 0 bridgehead atoms. The summed E-state index contributed by atoms with van der Waals surface area (Å²) in [5, 5.41) is 10.8. The molecule has 0 N–H and O–H groups in total. The first-order valence-corrected chi connectivity index (χ1v) is 8.26. The summed E-state index contributed by atoms with van der Waals surface area (Å²) in [4.78, 5) is 24.9. The van der Waals surface area contributed by atoms with Crippen LogP contribution in [-0.2, 0) is 6.42 Å². The molecule has 0 fully saturated rings. The number of fused-ring (bicyclic) bond motifs is 1. The quantitative estimate of drug-likeness (QED) is 0.620. The third kappa shape index (κ3) is 3.08. The van der Waals surface area contributed by atoms with Gasteiger partial charge in [0.15, 0.2) is 11.5 Å². The van der Waals surface area contributed by atoms with Crippen LogP contribution in [0, 0.1) is 10.1 Å². The van der Waals surface area contributed by atoms with Gasteiger partial charge in [-0.2, -0.15) is 0 Å². The van der Waals surface area contributed by atoms with Gasteiger partial charge in [-0.15, -0.1) is 0 Å². The fraction of sp³-hybridized carbons (Fsp3) is 0.316. The molecule has 1 heterocycles. The average Bonchev–Trinajstić information content (AvgIpc) is 2.67. The van der Waals surface area contributed by atoms with E-state index in [9.17, 15) is 14.9 Å². The van der Waals surface area contributed by atoms with Gasteiger partial charge in [0.25, 0.3) is 11.6 Å². The van der Waals surface area contributed by atoms with Crippen molar-refractivity contribution in [3.63, 3.8) is 0 Å². The number of carbonyl (C=O) groups excluding carboxylic acids is 1. The minimum absolute atomic E-state index is 0.0320. The van der Waals surface area contributed by atoms with E-state index >= 15 is 0 Å². The van der Waals surface area contributed by atoms with E-state index in [1.807, 2.05) is 19.1 Å². The van der Waals surface area contributed by atoms with Crippen molar-refractivity contribution in [2.24, 2.45) is 0 Å². The minimum atomic E-state index is -0.478. The number of amides is 1. The summed E-state index contributed by atoms with van der Waals surface area (Å²) in [6.45, 7) is 2.53. The van der Waals surface area contributed by atoms with Gasteiger partial charge in [-0.1, -0.05) is 0 Å². The summed E-state index contributed by atoms with van der Waals surface area (Å²) in [5.41, 5.74) is 2.55. The second-order valence-electron chi connectivity index (χ2n) is 6.13. The van der Waals surface area contributed by atoms with Crippen LogP contribution in [0.5, 0.6) is 11.5 Å². The van der Waals surface area contributed by atoms with Crippen molar-refractivity contribution in [3.05, 3.63) is 63.2 Å². The lowest BCUT2D eigenvalue weighted by Gasteiger charge is -2.35. The topological polar surface area (TPSA) is 81.9 Å². The number of carbonyl (C=O) groups is 1. The second-order valence-corrected chi connectivity index (χ2v) is 6.13. The number of nitrogens with zero attached hydrogens (tertiary/aromatic N) is 2. The van der Waals surface area contributed by atoms with Crippen LogP contribution < -0.4 is 9.47 Å². The van der Waals surface area contributed by atoms with E-state index < -0.39 is 4.92 Å². The fourth-order valence-corrected chi connectivity index (χ4v) is 3.31. The van der Waals surface area contributed by atoms with Crippen molar-refractivity contribution in [1.29, 1.82) is 0 Å². The lowest BCUT2D eigenvalue weighted by Crippen LogP contribution is -2.38. The van der Waals surface area contributed by atoms with Crippen molar-refractivity contribution in [1.82, 2.24) is 4.90 Å². The molecule has 1 amide bonds. The van der Waals surface area contributed by atoms with Crippen molar-refractivity contribution < 1.29 is 19.2 Å². The first-order valence-electron chi connectivity index (χ1n) is 8.26. The molecule has 7 nitrogen and oxygen atoms in total. The molecule has 3 rings (SSSR count). The molecule has 0 spiro atoms. The summed E-state index contributed by atoms with van der Waals surface area (Å²) in [7, 11) is 3.18. The van der Waals surface area contributed by atoms with Crippen LogP contribution in [0.2, 0.25) is 0 Å². The van der Waals surface area contributed by atoms with Gasteiger partial charge < -0.3 is 14.4 Å². The van der Waals surface area contributed by atoms with Crippen LogP contribution in [-0.4, -0.2) is 36.5 Å². The number of rotatable bonds is 4. The Labute approximate surface area is 151 Å². The zero-order valence-electron chi connectivity index (χ0n) is 14.9. The van der Waals surface area contributed by atoms with Crippen LogP contribution in [0.1, 0.15) is 34.5 Å². The maximum atomic E-state index is 12.9. The van der Waals surface area contributed by atoms with Gasteiger partial charge in [0.1, 0.15) is 0 Å². The van der Waals surface area contributed by atoms with E-state index in [0.29, 0.717) is 30.0 Å². The molecule has 0 aromatic heterocycles. The summed E-state index contributed by atoms with van der Waals surface area (Å²) in [5.74, 6) is 1.16. The van der Waals surface area contributed by atoms with Crippen molar-refractivity contribution in [2.75, 3.05) is 20.8 Å². The molecule has 136 valence electrons. The highest BCUT2D eigenvalue weighted by Crippen LogP contribution is 2.38. The highest BCUT2D eigenvalue weighted by atomic mass is 16.6. The molecule has 1 atom stereocenters. The van der Waals surface area contributed by atoms with E-state index in [1.165, 1.54) is 24.3 Å². The molecular formula is C19H20N2O5. The van der Waals surface area contributed by atoms with E-state index in [4.69, 9.17) is 9.47 Å². The number of ether oxygens (including phenoxy) is 2. The third-order valence-corrected chi connectivity index (χ3v) is 4.77. The van der Waals surface area contributed by atoms with Crippen LogP contribution in [0.4, 0.5) is 5.69 Å². The number of nitro benzene ring substituents is 1. The average molecular weight is 356 g/mol. The van der Waals surface area contributed by atoms with Crippen LogP contribution in [0.15, 0.2) is 36.4 Å². The highest BCUT2D eigenvalue weighted by molar-refractivity contribution is 5.95. The number of hydrogen-bond acceptors (Lipinski definition) is 5. The number of nitro groups is 1. The van der Waals surface area contributed by atoms with Gasteiger partial charge in [0, 0.05) is 24.2 Å². The molecular weight excluding hydrogens is 336 g/mol. The Morgan fingerprint density at radius 1 is 1.15 bits per heavy atom. The Bertz CT molecular complexity index is 848. The molecule has 0 unspecified atom stereocenters. The molecule has 0 saturated heterocycles. The largest absolute Gasteiger partial charge is 0.493 e. The summed E-state index contributed by atoms with van der Waals surface area (Å²) in [6.07, 6.45) is 0.707. The van der Waals surface area contributed by atoms with Gasteiger partial charge in [0.2, 0.25) is 0 Å². The number of hydrogen-bond donors (Lipinski definition) is 0. The van der Waals surface area contributed by atoms with Gasteiger partial charge in [-0.25, -0.2) is 0 Å². The summed E-state index contributed by atoms with van der Waals surface area (Å²) < 4.78 is 10.7. The van der Waals surface area contributed by atoms with Gasteiger partial charge in [-0.05, 0) is 48.7 Å². The molecule has 0 saturated carbocycles. The summed E-state index contributed by atoms with van der Waals surface area (Å²) in [6, 6.07) is 9.43. The molecule has 2 aromatic rings. The molecule has 1 aliphatic heterocycles. The first-order chi connectivity index (χ1) is 12.5. The maximum Gasteiger partial charge on any atom is 0.269 e. The van der Waals surface area contributed by atoms with Gasteiger partial charge >= 0.3 is 0 Å².